The Bertz CT molecular complexity index is 549. The molecule has 2 aliphatic rings. The van der Waals surface area contributed by atoms with E-state index in [2.05, 4.69) is 32.0 Å². The molecular formula is C28H46. The minimum absolute atomic E-state index is 0.851. The van der Waals surface area contributed by atoms with Crippen molar-refractivity contribution < 1.29 is 0 Å². The van der Waals surface area contributed by atoms with Crippen molar-refractivity contribution in [2.24, 2.45) is 11.8 Å². The maximum atomic E-state index is 2.62. The fourth-order valence-corrected chi connectivity index (χ4v) is 5.85. The maximum absolute atomic E-state index is 2.62. The molecular weight excluding hydrogens is 336 g/mol. The van der Waals surface area contributed by atoms with Crippen molar-refractivity contribution in [3.8, 4) is 0 Å². The molecule has 0 heteroatoms. The number of hydrogen-bond donors (Lipinski definition) is 0. The lowest BCUT2D eigenvalue weighted by molar-refractivity contribution is 0.301. The van der Waals surface area contributed by atoms with E-state index in [9.17, 15) is 0 Å². The molecule has 0 aromatic heterocycles. The third kappa shape index (κ3) is 6.64. The van der Waals surface area contributed by atoms with Gasteiger partial charge in [0, 0.05) is 0 Å². The van der Waals surface area contributed by atoms with Gasteiger partial charge in [-0.05, 0) is 79.4 Å². The lowest BCUT2D eigenvalue weighted by Gasteiger charge is -2.30. The monoisotopic (exact) mass is 382 g/mol. The number of fused-ring (bicyclic) bond motifs is 1. The minimum atomic E-state index is 0.851. The highest BCUT2D eigenvalue weighted by Gasteiger charge is 2.24. The molecule has 0 aliphatic heterocycles. The largest absolute Gasteiger partial charge is 0.0654 e. The Hall–Kier alpha value is -0.780. The molecule has 1 aromatic carbocycles. The molecule has 1 atom stereocenters. The van der Waals surface area contributed by atoms with E-state index in [0.29, 0.717) is 0 Å². The zero-order valence-corrected chi connectivity index (χ0v) is 19.0. The summed E-state index contributed by atoms with van der Waals surface area (Å²) in [5, 5.41) is 0. The Labute approximate surface area is 175 Å². The van der Waals surface area contributed by atoms with Gasteiger partial charge in [-0.1, -0.05) is 96.3 Å². The lowest BCUT2D eigenvalue weighted by Crippen LogP contribution is -2.16. The summed E-state index contributed by atoms with van der Waals surface area (Å²) in [4.78, 5) is 0. The van der Waals surface area contributed by atoms with Gasteiger partial charge < -0.3 is 0 Å². The van der Waals surface area contributed by atoms with Crippen molar-refractivity contribution in [2.45, 2.75) is 129 Å². The van der Waals surface area contributed by atoms with Gasteiger partial charge in [-0.15, -0.1) is 0 Å². The van der Waals surface area contributed by atoms with Gasteiger partial charge in [0.2, 0.25) is 0 Å². The van der Waals surface area contributed by atoms with E-state index in [1.54, 1.807) is 16.7 Å². The topological polar surface area (TPSA) is 0 Å². The van der Waals surface area contributed by atoms with E-state index in [1.165, 1.54) is 109 Å². The van der Waals surface area contributed by atoms with Gasteiger partial charge in [0.05, 0.1) is 0 Å². The number of unbranched alkanes of at least 4 members (excludes halogenated alkanes) is 6. The third-order valence-corrected chi connectivity index (χ3v) is 7.81. The van der Waals surface area contributed by atoms with Crippen LogP contribution in [0.4, 0.5) is 0 Å². The Kier molecular flexibility index (Phi) is 9.42. The molecule has 28 heavy (non-hydrogen) atoms. The maximum Gasteiger partial charge on any atom is -0.0162 e. The highest BCUT2D eigenvalue weighted by molar-refractivity contribution is 5.36. The molecule has 158 valence electrons. The molecule has 2 aliphatic carbocycles. The number of rotatable bonds is 11. The van der Waals surface area contributed by atoms with Gasteiger partial charge in [0.15, 0.2) is 0 Å². The average Bonchev–Trinajstić information content (AvgIpc) is 2.74. The Balaban J connectivity index is 1.42. The van der Waals surface area contributed by atoms with E-state index in [0.717, 1.165) is 17.8 Å². The number of hydrogen-bond acceptors (Lipinski definition) is 0. The van der Waals surface area contributed by atoms with Crippen LogP contribution in [0.5, 0.6) is 0 Å². The van der Waals surface area contributed by atoms with Crippen LogP contribution in [0.2, 0.25) is 0 Å². The summed E-state index contributed by atoms with van der Waals surface area (Å²) >= 11 is 0. The first-order chi connectivity index (χ1) is 13.8. The molecule has 1 saturated carbocycles. The zero-order chi connectivity index (χ0) is 19.6. The summed E-state index contributed by atoms with van der Waals surface area (Å²) in [6.07, 6.45) is 24.4. The third-order valence-electron chi connectivity index (χ3n) is 7.81. The molecule has 0 spiro atoms. The average molecular weight is 383 g/mol. The van der Waals surface area contributed by atoms with Crippen molar-refractivity contribution >= 4 is 0 Å². The molecule has 0 heterocycles. The van der Waals surface area contributed by atoms with Crippen LogP contribution in [-0.2, 0) is 12.8 Å². The quantitative estimate of drug-likeness (QED) is 0.335. The van der Waals surface area contributed by atoms with Crippen LogP contribution in [-0.4, -0.2) is 0 Å². The van der Waals surface area contributed by atoms with Gasteiger partial charge in [-0.3, -0.25) is 0 Å². The first-order valence-electron chi connectivity index (χ1n) is 12.9. The molecule has 1 unspecified atom stereocenters. The van der Waals surface area contributed by atoms with Gasteiger partial charge in [-0.2, -0.15) is 0 Å². The van der Waals surface area contributed by atoms with Crippen LogP contribution < -0.4 is 0 Å². The van der Waals surface area contributed by atoms with E-state index in [1.807, 2.05) is 0 Å². The summed E-state index contributed by atoms with van der Waals surface area (Å²) in [7, 11) is 0. The fraction of sp³-hybridized carbons (Fsp3) is 0.786. The summed E-state index contributed by atoms with van der Waals surface area (Å²) in [5.74, 6) is 2.83. The molecule has 3 rings (SSSR count). The second kappa shape index (κ2) is 12.0. The summed E-state index contributed by atoms with van der Waals surface area (Å²) < 4.78 is 0. The Morgan fingerprint density at radius 1 is 0.679 bits per heavy atom. The second-order valence-corrected chi connectivity index (χ2v) is 10.1. The first-order valence-corrected chi connectivity index (χ1v) is 12.9. The molecule has 0 amide bonds. The zero-order valence-electron chi connectivity index (χ0n) is 19.0. The van der Waals surface area contributed by atoms with Gasteiger partial charge in [0.1, 0.15) is 0 Å². The van der Waals surface area contributed by atoms with Crippen molar-refractivity contribution in [3.63, 3.8) is 0 Å². The van der Waals surface area contributed by atoms with E-state index in [4.69, 9.17) is 0 Å². The standard InChI is InChI=1S/C28H46/c1-3-5-7-8-10-11-23-13-16-25(17-14-23)27-20-19-26-21-24(12-9-6-4-2)15-18-28(26)22-27/h19-20,22-25H,3-18,21H2,1-2H3/t23-,24?,25-. The van der Waals surface area contributed by atoms with Crippen molar-refractivity contribution in [3.05, 3.63) is 34.9 Å². The molecule has 1 aromatic rings. The van der Waals surface area contributed by atoms with E-state index >= 15 is 0 Å². The lowest BCUT2D eigenvalue weighted by atomic mass is 9.75. The van der Waals surface area contributed by atoms with Crippen LogP contribution in [0.15, 0.2) is 18.2 Å². The first kappa shape index (κ1) is 21.9. The van der Waals surface area contributed by atoms with Gasteiger partial charge in [0.25, 0.3) is 0 Å². The number of aryl methyl sites for hydroxylation is 1. The molecule has 1 fully saturated rings. The molecule has 0 radical (unpaired) electrons. The SMILES string of the molecule is CCCCCCC[C@H]1CC[C@H](c2ccc3c(c2)CCC(CCCCC)C3)CC1. The van der Waals surface area contributed by atoms with Crippen LogP contribution >= 0.6 is 0 Å². The normalized spacial score (nSPS) is 24.9. The predicted octanol–water partition coefficient (Wildman–Crippen LogP) is 9.01. The van der Waals surface area contributed by atoms with Gasteiger partial charge in [-0.25, -0.2) is 0 Å². The molecule has 0 nitrogen and oxygen atoms in total. The summed E-state index contributed by atoms with van der Waals surface area (Å²) in [6.45, 7) is 4.63. The molecule has 0 N–H and O–H groups in total. The van der Waals surface area contributed by atoms with Crippen molar-refractivity contribution in [2.75, 3.05) is 0 Å². The summed E-state index contributed by atoms with van der Waals surface area (Å²) in [6, 6.07) is 7.63. The second-order valence-electron chi connectivity index (χ2n) is 10.1. The van der Waals surface area contributed by atoms with Crippen LogP contribution in [0, 0.1) is 11.8 Å². The van der Waals surface area contributed by atoms with Crippen molar-refractivity contribution in [1.29, 1.82) is 0 Å². The van der Waals surface area contributed by atoms with Crippen LogP contribution in [0.25, 0.3) is 0 Å². The minimum Gasteiger partial charge on any atom is -0.0654 e. The van der Waals surface area contributed by atoms with E-state index in [-0.39, 0.29) is 0 Å². The highest BCUT2D eigenvalue weighted by Crippen LogP contribution is 2.39. The molecule has 0 saturated heterocycles. The van der Waals surface area contributed by atoms with Crippen LogP contribution in [0.3, 0.4) is 0 Å². The smallest absolute Gasteiger partial charge is 0.0162 e. The Morgan fingerprint density at radius 3 is 2.14 bits per heavy atom. The molecule has 0 bridgehead atoms. The Morgan fingerprint density at radius 2 is 1.36 bits per heavy atom. The predicted molar refractivity (Wildman–Crippen MR) is 124 cm³/mol. The number of benzene rings is 1. The fourth-order valence-electron chi connectivity index (χ4n) is 5.85. The van der Waals surface area contributed by atoms with Gasteiger partial charge >= 0.3 is 0 Å². The highest BCUT2D eigenvalue weighted by atomic mass is 14.3. The van der Waals surface area contributed by atoms with E-state index < -0.39 is 0 Å². The van der Waals surface area contributed by atoms with Crippen LogP contribution in [0.1, 0.15) is 133 Å². The summed E-state index contributed by atoms with van der Waals surface area (Å²) in [5.41, 5.74) is 5.05. The van der Waals surface area contributed by atoms with Crippen molar-refractivity contribution in [1.82, 2.24) is 0 Å².